The van der Waals surface area contributed by atoms with Gasteiger partial charge >= 0.3 is 0 Å². The van der Waals surface area contributed by atoms with Crippen LogP contribution in [0.1, 0.15) is 0 Å². The molecule has 0 radical (unpaired) electrons. The molecule has 0 spiro atoms. The maximum Gasteiger partial charge on any atom is 0.247 e. The van der Waals surface area contributed by atoms with E-state index in [1.165, 1.54) is 12.1 Å². The highest BCUT2D eigenvalue weighted by atomic mass is 32.2. The fourth-order valence-corrected chi connectivity index (χ4v) is 3.80. The highest BCUT2D eigenvalue weighted by Gasteiger charge is 2.16. The minimum absolute atomic E-state index is 0.0469. The molecule has 9 nitrogen and oxygen atoms in total. The lowest BCUT2D eigenvalue weighted by Crippen LogP contribution is -2.26. The van der Waals surface area contributed by atoms with Crippen molar-refractivity contribution in [1.29, 1.82) is 0 Å². The van der Waals surface area contributed by atoms with Crippen molar-refractivity contribution in [1.82, 2.24) is 19.7 Å². The molecule has 0 saturated carbocycles. The normalized spacial score (nSPS) is 11.8. The molecule has 0 fully saturated rings. The number of benzene rings is 1. The maximum atomic E-state index is 12.1. The number of oxazole rings is 1. The second-order valence-corrected chi connectivity index (χ2v) is 7.92. The van der Waals surface area contributed by atoms with Crippen molar-refractivity contribution in [3.63, 3.8) is 0 Å². The molecule has 4 aromatic rings. The smallest absolute Gasteiger partial charge is 0.247 e. The van der Waals surface area contributed by atoms with E-state index in [1.54, 1.807) is 42.7 Å². The van der Waals surface area contributed by atoms with Crippen LogP contribution < -0.4 is 10.5 Å². The highest BCUT2D eigenvalue weighted by Crippen LogP contribution is 2.31. The molecule has 10 heteroatoms. The zero-order valence-corrected chi connectivity index (χ0v) is 15.9. The molecule has 0 aliphatic carbocycles. The number of rotatable bonds is 6. The lowest BCUT2D eigenvalue weighted by atomic mass is 10.1. The standard InChI is InChI=1S/C19H17N5O4S/c20-17-15(18-24-16-2-1-7-21-19(16)28-18)10-13(11-22-17)12-3-5-14(6-4-12)29(26,27)23-8-9-25/h1-7,10-11,23,25H,8-9H2,(H2,20,22). The van der Waals surface area contributed by atoms with Gasteiger partial charge in [0.1, 0.15) is 11.3 Å². The predicted octanol–water partition coefficient (Wildman–Crippen LogP) is 1.80. The molecule has 1 aromatic carbocycles. The third-order valence-electron chi connectivity index (χ3n) is 4.22. The highest BCUT2D eigenvalue weighted by molar-refractivity contribution is 7.89. The average Bonchev–Trinajstić information content (AvgIpc) is 3.17. The number of fused-ring (bicyclic) bond motifs is 1. The number of sulfonamides is 1. The van der Waals surface area contributed by atoms with Crippen LogP contribution in [0.5, 0.6) is 0 Å². The van der Waals surface area contributed by atoms with Gasteiger partial charge in [-0.1, -0.05) is 12.1 Å². The van der Waals surface area contributed by atoms with E-state index in [2.05, 4.69) is 19.7 Å². The van der Waals surface area contributed by atoms with Gasteiger partial charge in [-0.3, -0.25) is 0 Å². The third-order valence-corrected chi connectivity index (χ3v) is 5.69. The summed E-state index contributed by atoms with van der Waals surface area (Å²) >= 11 is 0. The summed E-state index contributed by atoms with van der Waals surface area (Å²) < 4.78 is 32.2. The molecule has 0 unspecified atom stereocenters. The van der Waals surface area contributed by atoms with Gasteiger partial charge in [0.2, 0.25) is 21.6 Å². The first kappa shape index (κ1) is 19.0. The van der Waals surface area contributed by atoms with Gasteiger partial charge in [-0.2, -0.15) is 0 Å². The molecule has 3 aromatic heterocycles. The Kier molecular flexibility index (Phi) is 4.97. The average molecular weight is 411 g/mol. The van der Waals surface area contributed by atoms with Crippen LogP contribution in [0.15, 0.2) is 64.2 Å². The van der Waals surface area contributed by atoms with E-state index in [0.717, 1.165) is 11.1 Å². The van der Waals surface area contributed by atoms with Gasteiger partial charge in [0.05, 0.1) is 17.1 Å². The Labute approximate surface area is 166 Å². The molecule has 0 bridgehead atoms. The molecular weight excluding hydrogens is 394 g/mol. The lowest BCUT2D eigenvalue weighted by molar-refractivity contribution is 0.301. The first-order chi connectivity index (χ1) is 14.0. The Bertz CT molecular complexity index is 1240. The number of nitrogens with zero attached hydrogens (tertiary/aromatic N) is 3. The summed E-state index contributed by atoms with van der Waals surface area (Å²) in [4.78, 5) is 12.8. The van der Waals surface area contributed by atoms with E-state index < -0.39 is 10.0 Å². The van der Waals surface area contributed by atoms with Crippen LogP contribution in [0.2, 0.25) is 0 Å². The topological polar surface area (TPSA) is 144 Å². The monoisotopic (exact) mass is 411 g/mol. The SMILES string of the molecule is Nc1ncc(-c2ccc(S(=O)(=O)NCCO)cc2)cc1-c1nc2cccnc2o1. The van der Waals surface area contributed by atoms with Crippen LogP contribution >= 0.6 is 0 Å². The number of hydrogen-bond donors (Lipinski definition) is 3. The number of nitrogens with one attached hydrogen (secondary N) is 1. The number of nitrogens with two attached hydrogens (primary N) is 1. The minimum atomic E-state index is -3.67. The van der Waals surface area contributed by atoms with Crippen molar-refractivity contribution >= 4 is 27.1 Å². The van der Waals surface area contributed by atoms with Crippen molar-refractivity contribution < 1.29 is 17.9 Å². The Hall–Kier alpha value is -3.34. The van der Waals surface area contributed by atoms with E-state index in [9.17, 15) is 8.42 Å². The quantitative estimate of drug-likeness (QED) is 0.436. The largest absolute Gasteiger partial charge is 0.418 e. The second kappa shape index (κ2) is 7.59. The molecule has 0 atom stereocenters. The Morgan fingerprint density at radius 3 is 2.62 bits per heavy atom. The summed E-state index contributed by atoms with van der Waals surface area (Å²) in [6, 6.07) is 11.6. The van der Waals surface area contributed by atoms with Crippen LogP contribution in [0, 0.1) is 0 Å². The predicted molar refractivity (Wildman–Crippen MR) is 107 cm³/mol. The van der Waals surface area contributed by atoms with Crippen LogP contribution in [-0.2, 0) is 10.0 Å². The molecule has 4 N–H and O–H groups in total. The van der Waals surface area contributed by atoms with Crippen molar-refractivity contribution in [3.05, 3.63) is 54.9 Å². The second-order valence-electron chi connectivity index (χ2n) is 6.15. The molecule has 29 heavy (non-hydrogen) atoms. The van der Waals surface area contributed by atoms with Crippen molar-refractivity contribution in [2.24, 2.45) is 0 Å². The number of aliphatic hydroxyl groups excluding tert-OH is 1. The minimum Gasteiger partial charge on any atom is -0.418 e. The number of hydrogen-bond acceptors (Lipinski definition) is 8. The lowest BCUT2D eigenvalue weighted by Gasteiger charge is -2.08. The zero-order valence-electron chi connectivity index (χ0n) is 15.1. The summed E-state index contributed by atoms with van der Waals surface area (Å²) in [5.41, 5.74) is 9.00. The van der Waals surface area contributed by atoms with Gasteiger partial charge in [-0.25, -0.2) is 28.1 Å². The number of anilines is 1. The Morgan fingerprint density at radius 1 is 1.10 bits per heavy atom. The fourth-order valence-electron chi connectivity index (χ4n) is 2.78. The van der Waals surface area contributed by atoms with E-state index in [1.807, 2.05) is 0 Å². The molecule has 148 valence electrons. The van der Waals surface area contributed by atoms with E-state index in [4.69, 9.17) is 15.3 Å². The Balaban J connectivity index is 1.68. The molecule has 4 rings (SSSR count). The number of nitrogen functional groups attached to an aromatic ring is 1. The first-order valence-electron chi connectivity index (χ1n) is 8.66. The number of aliphatic hydroxyl groups is 1. The maximum absolute atomic E-state index is 12.1. The summed E-state index contributed by atoms with van der Waals surface area (Å²) in [6.07, 6.45) is 3.20. The van der Waals surface area contributed by atoms with Crippen molar-refractivity contribution in [2.75, 3.05) is 18.9 Å². The van der Waals surface area contributed by atoms with E-state index >= 15 is 0 Å². The first-order valence-corrected chi connectivity index (χ1v) is 10.1. The van der Waals surface area contributed by atoms with Crippen LogP contribution in [0.4, 0.5) is 5.82 Å². The van der Waals surface area contributed by atoms with Gasteiger partial charge in [0.15, 0.2) is 0 Å². The summed E-state index contributed by atoms with van der Waals surface area (Å²) in [6.45, 7) is -0.322. The molecule has 3 heterocycles. The molecule has 0 saturated heterocycles. The van der Waals surface area contributed by atoms with Crippen LogP contribution in [0.3, 0.4) is 0 Å². The molecular formula is C19H17N5O4S. The number of aromatic nitrogens is 3. The van der Waals surface area contributed by atoms with Gasteiger partial charge in [0.25, 0.3) is 0 Å². The van der Waals surface area contributed by atoms with Gasteiger partial charge in [-0.05, 0) is 35.9 Å². The molecule has 0 aliphatic rings. The van der Waals surface area contributed by atoms with Gasteiger partial charge in [0, 0.05) is 24.5 Å². The summed E-state index contributed by atoms with van der Waals surface area (Å²) in [7, 11) is -3.67. The molecule has 0 aliphatic heterocycles. The van der Waals surface area contributed by atoms with Crippen molar-refractivity contribution in [2.45, 2.75) is 4.90 Å². The van der Waals surface area contributed by atoms with Gasteiger partial charge in [-0.15, -0.1) is 0 Å². The van der Waals surface area contributed by atoms with Crippen LogP contribution in [-0.4, -0.2) is 41.6 Å². The van der Waals surface area contributed by atoms with E-state index in [0.29, 0.717) is 22.7 Å². The van der Waals surface area contributed by atoms with E-state index in [-0.39, 0.29) is 23.9 Å². The van der Waals surface area contributed by atoms with Gasteiger partial charge < -0.3 is 15.3 Å². The van der Waals surface area contributed by atoms with Crippen LogP contribution in [0.25, 0.3) is 33.8 Å². The number of pyridine rings is 2. The fraction of sp³-hybridized carbons (Fsp3) is 0.105. The third kappa shape index (κ3) is 3.81. The summed E-state index contributed by atoms with van der Waals surface area (Å²) in [5, 5.41) is 8.80. The Morgan fingerprint density at radius 2 is 1.90 bits per heavy atom. The molecule has 0 amide bonds. The zero-order chi connectivity index (χ0) is 20.4. The summed E-state index contributed by atoms with van der Waals surface area (Å²) in [5.74, 6) is 0.561. The van der Waals surface area contributed by atoms with Crippen molar-refractivity contribution in [3.8, 4) is 22.6 Å².